The highest BCUT2D eigenvalue weighted by atomic mass is 16.6. The molecule has 0 aromatic heterocycles. The second kappa shape index (κ2) is 4.94. The Morgan fingerprint density at radius 3 is 2.79 bits per heavy atom. The molecular weight excluding hydrogens is 250 g/mol. The van der Waals surface area contributed by atoms with Crippen molar-refractivity contribution >= 4 is 17.3 Å². The van der Waals surface area contributed by atoms with E-state index in [1.807, 2.05) is 6.07 Å². The SMILES string of the molecule is N#Cc1ccc(N2CC(CC(=O)O)C2)c([N+](=O)[O-])c1. The number of rotatable bonds is 4. The van der Waals surface area contributed by atoms with E-state index in [2.05, 4.69) is 0 Å². The average Bonchev–Trinajstić information content (AvgIpc) is 2.32. The van der Waals surface area contributed by atoms with Crippen LogP contribution in [0.4, 0.5) is 11.4 Å². The molecule has 1 aliphatic rings. The number of nitro groups is 1. The number of nitrogens with zero attached hydrogens (tertiary/aromatic N) is 3. The Hall–Kier alpha value is -2.62. The van der Waals surface area contributed by atoms with Gasteiger partial charge in [0.15, 0.2) is 0 Å². The van der Waals surface area contributed by atoms with E-state index in [1.54, 1.807) is 4.90 Å². The molecule has 7 heteroatoms. The van der Waals surface area contributed by atoms with Crippen LogP contribution in [-0.4, -0.2) is 29.1 Å². The molecule has 1 saturated heterocycles. The van der Waals surface area contributed by atoms with Gasteiger partial charge in [0.2, 0.25) is 0 Å². The molecule has 19 heavy (non-hydrogen) atoms. The predicted molar refractivity (Wildman–Crippen MR) is 65.8 cm³/mol. The van der Waals surface area contributed by atoms with Crippen molar-refractivity contribution in [3.63, 3.8) is 0 Å². The van der Waals surface area contributed by atoms with E-state index in [0.717, 1.165) is 0 Å². The van der Waals surface area contributed by atoms with Crippen LogP contribution in [0.1, 0.15) is 12.0 Å². The molecule has 0 saturated carbocycles. The van der Waals surface area contributed by atoms with Crippen LogP contribution < -0.4 is 4.90 Å². The third-order valence-electron chi connectivity index (χ3n) is 3.06. The molecule has 1 aromatic rings. The van der Waals surface area contributed by atoms with E-state index in [1.165, 1.54) is 18.2 Å². The number of carboxylic acid groups (broad SMARTS) is 1. The minimum atomic E-state index is -0.862. The lowest BCUT2D eigenvalue weighted by atomic mass is 9.95. The van der Waals surface area contributed by atoms with Crippen molar-refractivity contribution in [1.82, 2.24) is 0 Å². The maximum absolute atomic E-state index is 11.0. The third kappa shape index (κ3) is 2.63. The Kier molecular flexibility index (Phi) is 3.33. The molecule has 0 atom stereocenters. The van der Waals surface area contributed by atoms with Gasteiger partial charge < -0.3 is 10.0 Å². The fourth-order valence-corrected chi connectivity index (χ4v) is 2.15. The first-order valence-electron chi connectivity index (χ1n) is 5.66. The summed E-state index contributed by atoms with van der Waals surface area (Å²) in [5.41, 5.74) is 0.552. The minimum absolute atomic E-state index is 0.0211. The van der Waals surface area contributed by atoms with E-state index in [0.29, 0.717) is 18.8 Å². The Bertz CT molecular complexity index is 573. The number of hydrogen-bond acceptors (Lipinski definition) is 5. The van der Waals surface area contributed by atoms with E-state index in [-0.39, 0.29) is 23.6 Å². The van der Waals surface area contributed by atoms with Crippen molar-refractivity contribution in [1.29, 1.82) is 5.26 Å². The van der Waals surface area contributed by atoms with Crippen molar-refractivity contribution in [3.8, 4) is 6.07 Å². The summed E-state index contributed by atoms with van der Waals surface area (Å²) in [5, 5.41) is 28.4. The fraction of sp³-hybridized carbons (Fsp3) is 0.333. The van der Waals surface area contributed by atoms with Gasteiger partial charge in [-0.3, -0.25) is 14.9 Å². The highest BCUT2D eigenvalue weighted by Crippen LogP contribution is 2.34. The van der Waals surface area contributed by atoms with Gasteiger partial charge in [0.25, 0.3) is 5.69 Å². The van der Waals surface area contributed by atoms with Gasteiger partial charge in [0, 0.05) is 25.1 Å². The predicted octanol–water partition coefficient (Wildman–Crippen LogP) is 1.38. The van der Waals surface area contributed by atoms with Gasteiger partial charge in [-0.15, -0.1) is 0 Å². The largest absolute Gasteiger partial charge is 0.481 e. The first kappa shape index (κ1) is 12.8. The molecule has 7 nitrogen and oxygen atoms in total. The summed E-state index contributed by atoms with van der Waals surface area (Å²) < 4.78 is 0. The van der Waals surface area contributed by atoms with Gasteiger partial charge in [-0.25, -0.2) is 0 Å². The van der Waals surface area contributed by atoms with Crippen LogP contribution in [0.5, 0.6) is 0 Å². The number of aliphatic carboxylic acids is 1. The van der Waals surface area contributed by atoms with Crippen LogP contribution in [0.25, 0.3) is 0 Å². The lowest BCUT2D eigenvalue weighted by Gasteiger charge is -2.39. The number of nitriles is 1. The standard InChI is InChI=1S/C12H11N3O4/c13-5-8-1-2-10(11(3-8)15(18)19)14-6-9(7-14)4-12(16)17/h1-3,9H,4,6-7H2,(H,16,17). The second-order valence-electron chi connectivity index (χ2n) is 4.44. The van der Waals surface area contributed by atoms with E-state index < -0.39 is 10.9 Å². The number of carboxylic acids is 1. The zero-order valence-corrected chi connectivity index (χ0v) is 9.94. The number of carbonyl (C=O) groups is 1. The highest BCUT2D eigenvalue weighted by molar-refractivity contribution is 5.70. The number of anilines is 1. The number of hydrogen-bond donors (Lipinski definition) is 1. The van der Waals surface area contributed by atoms with Crippen molar-refractivity contribution in [3.05, 3.63) is 33.9 Å². The Morgan fingerprint density at radius 2 is 2.26 bits per heavy atom. The molecular formula is C12H11N3O4. The van der Waals surface area contributed by atoms with Crippen LogP contribution in [-0.2, 0) is 4.79 Å². The molecule has 1 N–H and O–H groups in total. The molecule has 98 valence electrons. The van der Waals surface area contributed by atoms with Gasteiger partial charge in [-0.05, 0) is 12.1 Å². The molecule has 0 unspecified atom stereocenters. The quantitative estimate of drug-likeness (QED) is 0.648. The minimum Gasteiger partial charge on any atom is -0.481 e. The zero-order chi connectivity index (χ0) is 14.0. The summed E-state index contributed by atoms with van der Waals surface area (Å²) in [4.78, 5) is 22.7. The summed E-state index contributed by atoms with van der Waals surface area (Å²) >= 11 is 0. The van der Waals surface area contributed by atoms with Gasteiger partial charge in [-0.1, -0.05) is 0 Å². The summed E-state index contributed by atoms with van der Waals surface area (Å²) in [5.74, 6) is -0.841. The molecule has 2 rings (SSSR count). The van der Waals surface area contributed by atoms with Crippen LogP contribution in [0.3, 0.4) is 0 Å². The smallest absolute Gasteiger partial charge is 0.303 e. The lowest BCUT2D eigenvalue weighted by Crippen LogP contribution is -2.47. The van der Waals surface area contributed by atoms with Crippen molar-refractivity contribution in [2.75, 3.05) is 18.0 Å². The maximum Gasteiger partial charge on any atom is 0.303 e. The molecule has 1 aliphatic heterocycles. The first-order valence-corrected chi connectivity index (χ1v) is 5.66. The summed E-state index contributed by atoms with van der Waals surface area (Å²) in [6.07, 6.45) is 0.0700. The fourth-order valence-electron chi connectivity index (χ4n) is 2.15. The number of nitro benzene ring substituents is 1. The maximum atomic E-state index is 11.0. The van der Waals surface area contributed by atoms with Crippen LogP contribution in [0.2, 0.25) is 0 Å². The average molecular weight is 261 g/mol. The van der Waals surface area contributed by atoms with E-state index in [4.69, 9.17) is 10.4 Å². The van der Waals surface area contributed by atoms with Crippen LogP contribution in [0.15, 0.2) is 18.2 Å². The van der Waals surface area contributed by atoms with Crippen molar-refractivity contribution in [2.45, 2.75) is 6.42 Å². The highest BCUT2D eigenvalue weighted by Gasteiger charge is 2.32. The summed E-state index contributed by atoms with van der Waals surface area (Å²) in [7, 11) is 0. The molecule has 0 radical (unpaired) electrons. The van der Waals surface area contributed by atoms with Gasteiger partial charge in [-0.2, -0.15) is 5.26 Å². The first-order chi connectivity index (χ1) is 9.01. The topological polar surface area (TPSA) is 107 Å². The van der Waals surface area contributed by atoms with Gasteiger partial charge in [0.1, 0.15) is 5.69 Å². The van der Waals surface area contributed by atoms with Gasteiger partial charge >= 0.3 is 5.97 Å². The molecule has 0 bridgehead atoms. The normalized spacial score (nSPS) is 14.6. The molecule has 0 spiro atoms. The van der Waals surface area contributed by atoms with E-state index in [9.17, 15) is 14.9 Å². The molecule has 0 aliphatic carbocycles. The molecule has 1 fully saturated rings. The number of benzene rings is 1. The second-order valence-corrected chi connectivity index (χ2v) is 4.44. The molecule has 1 aromatic carbocycles. The van der Waals surface area contributed by atoms with Crippen molar-refractivity contribution in [2.24, 2.45) is 5.92 Å². The Balaban J connectivity index is 2.16. The Morgan fingerprint density at radius 1 is 1.58 bits per heavy atom. The summed E-state index contributed by atoms with van der Waals surface area (Å²) in [6, 6.07) is 6.15. The third-order valence-corrected chi connectivity index (χ3v) is 3.06. The zero-order valence-electron chi connectivity index (χ0n) is 9.94. The molecule has 0 amide bonds. The van der Waals surface area contributed by atoms with Crippen LogP contribution in [0, 0.1) is 27.4 Å². The van der Waals surface area contributed by atoms with Crippen molar-refractivity contribution < 1.29 is 14.8 Å². The monoisotopic (exact) mass is 261 g/mol. The van der Waals surface area contributed by atoms with Crippen LogP contribution >= 0.6 is 0 Å². The Labute approximate surface area is 108 Å². The van der Waals surface area contributed by atoms with Gasteiger partial charge in [0.05, 0.1) is 23.0 Å². The lowest BCUT2D eigenvalue weighted by molar-refractivity contribution is -0.384. The van der Waals surface area contributed by atoms with E-state index >= 15 is 0 Å². The summed E-state index contributed by atoms with van der Waals surface area (Å²) in [6.45, 7) is 0.970. The molecule has 1 heterocycles.